The summed E-state index contributed by atoms with van der Waals surface area (Å²) < 4.78 is 16.2. The number of imide groups is 2. The van der Waals surface area contributed by atoms with E-state index in [0.717, 1.165) is 4.90 Å². The van der Waals surface area contributed by atoms with E-state index in [1.54, 1.807) is 12.1 Å². The molecule has 9 nitrogen and oxygen atoms in total. The number of nitrogens with zero attached hydrogens (tertiary/aromatic N) is 1. The Hall–Kier alpha value is -2.49. The molecule has 156 valence electrons. The molecule has 1 fully saturated rings. The predicted molar refractivity (Wildman–Crippen MR) is 101 cm³/mol. The van der Waals surface area contributed by atoms with E-state index in [2.05, 4.69) is 5.32 Å². The minimum Gasteiger partial charge on any atom is -0.490 e. The minimum absolute atomic E-state index is 0.0686. The molecule has 1 aromatic carbocycles. The zero-order valence-electron chi connectivity index (χ0n) is 15.6. The lowest BCUT2D eigenvalue weighted by atomic mass is 10.0. The third-order valence-electron chi connectivity index (χ3n) is 4.51. The Morgan fingerprint density at radius 2 is 1.72 bits per heavy atom. The molecule has 0 aromatic heterocycles. The highest BCUT2D eigenvalue weighted by Gasteiger charge is 2.45. The number of piperidine rings is 1. The molecule has 1 N–H and O–H groups in total. The molecule has 1 aromatic rings. The second-order valence-corrected chi connectivity index (χ2v) is 6.77. The van der Waals surface area contributed by atoms with Gasteiger partial charge in [-0.3, -0.25) is 29.4 Å². The van der Waals surface area contributed by atoms with Crippen LogP contribution in [0.2, 0.25) is 0 Å². The van der Waals surface area contributed by atoms with E-state index in [0.29, 0.717) is 25.7 Å². The summed E-state index contributed by atoms with van der Waals surface area (Å²) in [6.45, 7) is 1.70. The smallest absolute Gasteiger partial charge is 0.266 e. The summed E-state index contributed by atoms with van der Waals surface area (Å²) in [5.41, 5.74) is 0.292. The fourth-order valence-corrected chi connectivity index (χ4v) is 3.30. The van der Waals surface area contributed by atoms with Crippen molar-refractivity contribution in [1.29, 1.82) is 0 Å². The molecule has 4 amide bonds. The second-order valence-electron chi connectivity index (χ2n) is 6.39. The van der Waals surface area contributed by atoms with Crippen LogP contribution in [0, 0.1) is 0 Å². The average molecular weight is 425 g/mol. The number of fused-ring (bicyclic) bond motifs is 1. The quantitative estimate of drug-likeness (QED) is 0.335. The monoisotopic (exact) mass is 424 g/mol. The fraction of sp³-hybridized carbons (Fsp3) is 0.474. The van der Waals surface area contributed by atoms with Crippen LogP contribution in [0.15, 0.2) is 18.2 Å². The molecule has 1 atom stereocenters. The predicted octanol–water partition coefficient (Wildman–Crippen LogP) is 0.739. The first-order valence-corrected chi connectivity index (χ1v) is 9.77. The summed E-state index contributed by atoms with van der Waals surface area (Å²) in [5.74, 6) is -1.58. The number of hydrogen-bond donors (Lipinski definition) is 1. The van der Waals surface area contributed by atoms with Crippen molar-refractivity contribution in [3.8, 4) is 5.75 Å². The molecular formula is C19H21ClN2O7. The van der Waals surface area contributed by atoms with Crippen molar-refractivity contribution in [2.75, 3.05) is 38.9 Å². The Bertz CT molecular complexity index is 814. The first-order valence-electron chi connectivity index (χ1n) is 9.23. The van der Waals surface area contributed by atoms with E-state index in [1.807, 2.05) is 0 Å². The van der Waals surface area contributed by atoms with Crippen LogP contribution in [0.4, 0.5) is 0 Å². The number of carbonyl (C=O) groups excluding carboxylic acids is 4. The van der Waals surface area contributed by atoms with Gasteiger partial charge >= 0.3 is 0 Å². The molecule has 2 heterocycles. The van der Waals surface area contributed by atoms with Crippen molar-refractivity contribution in [2.45, 2.75) is 18.9 Å². The van der Waals surface area contributed by atoms with Crippen molar-refractivity contribution in [1.82, 2.24) is 10.2 Å². The lowest BCUT2D eigenvalue weighted by molar-refractivity contribution is -0.136. The van der Waals surface area contributed by atoms with Gasteiger partial charge in [-0.05, 0) is 18.6 Å². The Balaban J connectivity index is 1.61. The van der Waals surface area contributed by atoms with Crippen LogP contribution in [0.5, 0.6) is 5.75 Å². The molecule has 10 heteroatoms. The van der Waals surface area contributed by atoms with Gasteiger partial charge in [0.1, 0.15) is 18.4 Å². The molecule has 0 saturated carbocycles. The van der Waals surface area contributed by atoms with Crippen molar-refractivity contribution in [2.24, 2.45) is 0 Å². The maximum atomic E-state index is 12.9. The van der Waals surface area contributed by atoms with E-state index >= 15 is 0 Å². The summed E-state index contributed by atoms with van der Waals surface area (Å²) in [5, 5.41) is 2.17. The number of hydrogen-bond acceptors (Lipinski definition) is 7. The van der Waals surface area contributed by atoms with Crippen molar-refractivity contribution in [3.63, 3.8) is 0 Å². The lowest BCUT2D eigenvalue weighted by Crippen LogP contribution is -2.54. The van der Waals surface area contributed by atoms with Gasteiger partial charge in [0, 0.05) is 12.3 Å². The van der Waals surface area contributed by atoms with Crippen molar-refractivity contribution < 1.29 is 33.4 Å². The van der Waals surface area contributed by atoms with Crippen LogP contribution in [0.25, 0.3) is 0 Å². The molecule has 0 aliphatic carbocycles. The molecule has 1 unspecified atom stereocenters. The first-order chi connectivity index (χ1) is 14.0. The van der Waals surface area contributed by atoms with Crippen LogP contribution < -0.4 is 10.1 Å². The van der Waals surface area contributed by atoms with Crippen LogP contribution in [0.3, 0.4) is 0 Å². The van der Waals surface area contributed by atoms with Gasteiger partial charge < -0.3 is 14.2 Å². The molecule has 29 heavy (non-hydrogen) atoms. The first kappa shape index (κ1) is 21.2. The fourth-order valence-electron chi connectivity index (χ4n) is 3.19. The third-order valence-corrected chi connectivity index (χ3v) is 4.66. The van der Waals surface area contributed by atoms with E-state index in [4.69, 9.17) is 25.8 Å². The van der Waals surface area contributed by atoms with Gasteiger partial charge in [-0.25, -0.2) is 0 Å². The number of alkyl halides is 1. The van der Waals surface area contributed by atoms with E-state index in [1.165, 1.54) is 6.07 Å². The Labute approximate surface area is 172 Å². The van der Waals surface area contributed by atoms with Crippen LogP contribution in [0.1, 0.15) is 33.6 Å². The average Bonchev–Trinajstić information content (AvgIpc) is 2.95. The molecule has 0 radical (unpaired) electrons. The molecular weight excluding hydrogens is 404 g/mol. The van der Waals surface area contributed by atoms with Gasteiger partial charge in [0.25, 0.3) is 11.8 Å². The molecule has 3 rings (SSSR count). The van der Waals surface area contributed by atoms with Gasteiger partial charge in [0.05, 0.1) is 37.6 Å². The number of halogens is 1. The van der Waals surface area contributed by atoms with Crippen molar-refractivity contribution in [3.05, 3.63) is 29.3 Å². The van der Waals surface area contributed by atoms with Crippen LogP contribution >= 0.6 is 11.6 Å². The van der Waals surface area contributed by atoms with Gasteiger partial charge in [-0.1, -0.05) is 6.07 Å². The SMILES string of the molecule is O=C1CCC(N2C(=O)c3cccc(OCCOCCOCCCl)c3C2=O)C(=O)N1. The second kappa shape index (κ2) is 9.82. The minimum atomic E-state index is -1.01. The number of carbonyl (C=O) groups is 4. The maximum absolute atomic E-state index is 12.9. The summed E-state index contributed by atoms with van der Waals surface area (Å²) in [6.07, 6.45) is 0.172. The zero-order chi connectivity index (χ0) is 20.8. The van der Waals surface area contributed by atoms with Gasteiger partial charge in [-0.2, -0.15) is 0 Å². The highest BCUT2D eigenvalue weighted by molar-refractivity contribution is 6.24. The standard InChI is InChI=1S/C19H21ClN2O7/c20-6-7-27-8-9-28-10-11-29-14-3-1-2-12-16(14)19(26)22(18(12)25)13-4-5-15(23)21-17(13)24/h1-3,13H,4-11H2,(H,21,23,24). The zero-order valence-corrected chi connectivity index (χ0v) is 16.4. The Morgan fingerprint density at radius 3 is 2.45 bits per heavy atom. The molecule has 0 bridgehead atoms. The number of amides is 4. The third kappa shape index (κ3) is 4.75. The van der Waals surface area contributed by atoms with Crippen LogP contribution in [-0.2, 0) is 19.1 Å². The van der Waals surface area contributed by atoms with E-state index in [-0.39, 0.29) is 42.9 Å². The number of benzene rings is 1. The lowest BCUT2D eigenvalue weighted by Gasteiger charge is -2.27. The molecule has 1 saturated heterocycles. The summed E-state index contributed by atoms with van der Waals surface area (Å²) in [7, 11) is 0. The van der Waals surface area contributed by atoms with E-state index in [9.17, 15) is 19.2 Å². The van der Waals surface area contributed by atoms with Gasteiger partial charge in [-0.15, -0.1) is 11.6 Å². The summed E-state index contributed by atoms with van der Waals surface area (Å²) in [6, 6.07) is 3.69. The number of rotatable bonds is 10. The van der Waals surface area contributed by atoms with Gasteiger partial charge in [0.2, 0.25) is 11.8 Å². The summed E-state index contributed by atoms with van der Waals surface area (Å²) in [4.78, 5) is 50.0. The molecule has 2 aliphatic rings. The largest absolute Gasteiger partial charge is 0.490 e. The highest BCUT2D eigenvalue weighted by Crippen LogP contribution is 2.33. The normalized spacial score (nSPS) is 18.8. The van der Waals surface area contributed by atoms with Crippen molar-refractivity contribution >= 4 is 35.2 Å². The Kier molecular flexibility index (Phi) is 7.18. The summed E-state index contributed by atoms with van der Waals surface area (Å²) >= 11 is 5.50. The molecule has 0 spiro atoms. The van der Waals surface area contributed by atoms with Gasteiger partial charge in [0.15, 0.2) is 0 Å². The number of nitrogens with one attached hydrogen (secondary N) is 1. The van der Waals surface area contributed by atoms with E-state index < -0.39 is 29.7 Å². The number of ether oxygens (including phenoxy) is 3. The highest BCUT2D eigenvalue weighted by atomic mass is 35.5. The van der Waals surface area contributed by atoms with Crippen LogP contribution in [-0.4, -0.2) is 73.5 Å². The maximum Gasteiger partial charge on any atom is 0.266 e. The topological polar surface area (TPSA) is 111 Å². The molecule has 2 aliphatic heterocycles. The Morgan fingerprint density at radius 1 is 1.00 bits per heavy atom.